The van der Waals surface area contributed by atoms with Crippen molar-refractivity contribution >= 4 is 16.7 Å². The standard InChI is InChI=1S/C26H23FN2O3S/c1-17-3-13-23(14-4-17)33(31)16-24-18(2)32-26(29-24)21-9-7-20(8-10-21)25(30)28-15-19-5-11-22(27)12-6-19/h3-14H,15-16H2,1-2H3,(H,28,30)/t33-/m1/s1. The molecule has 0 radical (unpaired) electrons. The zero-order chi connectivity index (χ0) is 23.4. The second-order valence-electron chi connectivity index (χ2n) is 7.71. The van der Waals surface area contributed by atoms with E-state index in [1.165, 1.54) is 12.1 Å². The van der Waals surface area contributed by atoms with E-state index < -0.39 is 10.8 Å². The van der Waals surface area contributed by atoms with Crippen LogP contribution in [-0.4, -0.2) is 15.1 Å². The van der Waals surface area contributed by atoms with Gasteiger partial charge in [0.1, 0.15) is 11.6 Å². The summed E-state index contributed by atoms with van der Waals surface area (Å²) in [5.74, 6) is 0.756. The Hall–Kier alpha value is -3.58. The second kappa shape index (κ2) is 9.92. The van der Waals surface area contributed by atoms with Crippen molar-refractivity contribution in [3.05, 3.63) is 107 Å². The van der Waals surface area contributed by atoms with Gasteiger partial charge >= 0.3 is 0 Å². The topological polar surface area (TPSA) is 72.2 Å². The van der Waals surface area contributed by atoms with Crippen molar-refractivity contribution in [2.24, 2.45) is 0 Å². The first kappa shape index (κ1) is 22.6. The van der Waals surface area contributed by atoms with Crippen LogP contribution in [0.25, 0.3) is 11.5 Å². The fourth-order valence-electron chi connectivity index (χ4n) is 3.23. The lowest BCUT2D eigenvalue weighted by atomic mass is 10.1. The molecule has 168 valence electrons. The molecular weight excluding hydrogens is 439 g/mol. The van der Waals surface area contributed by atoms with Gasteiger partial charge in [-0.1, -0.05) is 29.8 Å². The molecule has 0 fully saturated rings. The Kier molecular flexibility index (Phi) is 6.79. The first-order valence-electron chi connectivity index (χ1n) is 10.4. The monoisotopic (exact) mass is 462 g/mol. The highest BCUT2D eigenvalue weighted by Gasteiger charge is 2.16. The molecule has 1 amide bonds. The largest absolute Gasteiger partial charge is 0.441 e. The van der Waals surface area contributed by atoms with Crippen molar-refractivity contribution in [2.45, 2.75) is 31.0 Å². The van der Waals surface area contributed by atoms with Crippen LogP contribution in [0.3, 0.4) is 0 Å². The molecule has 1 N–H and O–H groups in total. The maximum absolute atomic E-state index is 13.0. The van der Waals surface area contributed by atoms with Gasteiger partial charge < -0.3 is 9.73 Å². The molecule has 4 rings (SSSR count). The molecule has 4 aromatic rings. The van der Waals surface area contributed by atoms with E-state index in [2.05, 4.69) is 10.3 Å². The Morgan fingerprint density at radius 1 is 0.970 bits per heavy atom. The fourth-order valence-corrected chi connectivity index (χ4v) is 4.36. The van der Waals surface area contributed by atoms with Crippen LogP contribution in [0, 0.1) is 19.7 Å². The lowest BCUT2D eigenvalue weighted by molar-refractivity contribution is 0.0951. The molecule has 0 spiro atoms. The van der Waals surface area contributed by atoms with Crippen LogP contribution in [0.4, 0.5) is 4.39 Å². The molecule has 0 saturated carbocycles. The van der Waals surface area contributed by atoms with Crippen LogP contribution in [0.5, 0.6) is 0 Å². The van der Waals surface area contributed by atoms with Gasteiger partial charge in [-0.2, -0.15) is 0 Å². The minimum atomic E-state index is -1.22. The van der Waals surface area contributed by atoms with E-state index in [0.717, 1.165) is 21.6 Å². The minimum Gasteiger partial charge on any atom is -0.441 e. The number of carbonyl (C=O) groups is 1. The van der Waals surface area contributed by atoms with Crippen LogP contribution in [0.15, 0.2) is 82.1 Å². The second-order valence-corrected chi connectivity index (χ2v) is 9.16. The summed E-state index contributed by atoms with van der Waals surface area (Å²) in [6, 6.07) is 20.5. The number of oxazole rings is 1. The fraction of sp³-hybridized carbons (Fsp3) is 0.154. The molecule has 0 unspecified atom stereocenters. The molecule has 33 heavy (non-hydrogen) atoms. The normalized spacial score (nSPS) is 11.8. The molecule has 1 aromatic heterocycles. The van der Waals surface area contributed by atoms with Crippen molar-refractivity contribution in [3.63, 3.8) is 0 Å². The Morgan fingerprint density at radius 2 is 1.64 bits per heavy atom. The third kappa shape index (κ3) is 5.62. The van der Waals surface area contributed by atoms with E-state index in [9.17, 15) is 13.4 Å². The van der Waals surface area contributed by atoms with E-state index in [1.54, 1.807) is 43.3 Å². The number of aromatic nitrogens is 1. The van der Waals surface area contributed by atoms with Crippen molar-refractivity contribution in [1.82, 2.24) is 10.3 Å². The van der Waals surface area contributed by atoms with Crippen molar-refractivity contribution < 1.29 is 17.8 Å². The molecule has 0 aliphatic heterocycles. The third-order valence-electron chi connectivity index (χ3n) is 5.20. The third-order valence-corrected chi connectivity index (χ3v) is 6.54. The number of nitrogens with zero attached hydrogens (tertiary/aromatic N) is 1. The van der Waals surface area contributed by atoms with E-state index in [-0.39, 0.29) is 17.5 Å². The van der Waals surface area contributed by atoms with Gasteiger partial charge in [0.25, 0.3) is 5.91 Å². The lowest BCUT2D eigenvalue weighted by Gasteiger charge is -2.06. The van der Waals surface area contributed by atoms with E-state index in [4.69, 9.17) is 4.42 Å². The number of nitrogens with one attached hydrogen (secondary N) is 1. The van der Waals surface area contributed by atoms with Crippen LogP contribution >= 0.6 is 0 Å². The van der Waals surface area contributed by atoms with Crippen LogP contribution in [-0.2, 0) is 23.1 Å². The molecule has 0 aliphatic rings. The molecular formula is C26H23FN2O3S. The summed E-state index contributed by atoms with van der Waals surface area (Å²) in [5.41, 5.74) is 3.78. The predicted octanol–water partition coefficient (Wildman–Crippen LogP) is 5.34. The Labute approximate surface area is 194 Å². The van der Waals surface area contributed by atoms with Gasteiger partial charge in [-0.25, -0.2) is 9.37 Å². The number of benzene rings is 3. The van der Waals surface area contributed by atoms with Gasteiger partial charge in [0.15, 0.2) is 0 Å². The highest BCUT2D eigenvalue weighted by Crippen LogP contribution is 2.24. The first-order chi connectivity index (χ1) is 15.9. The Morgan fingerprint density at radius 3 is 2.30 bits per heavy atom. The molecule has 0 aliphatic carbocycles. The summed E-state index contributed by atoms with van der Waals surface area (Å²) in [7, 11) is -1.22. The van der Waals surface area contributed by atoms with Crippen molar-refractivity contribution in [3.8, 4) is 11.5 Å². The number of aryl methyl sites for hydroxylation is 2. The number of carbonyl (C=O) groups excluding carboxylic acids is 1. The summed E-state index contributed by atoms with van der Waals surface area (Å²) < 4.78 is 31.5. The molecule has 0 saturated heterocycles. The van der Waals surface area contributed by atoms with Crippen molar-refractivity contribution in [1.29, 1.82) is 0 Å². The van der Waals surface area contributed by atoms with E-state index >= 15 is 0 Å². The predicted molar refractivity (Wildman–Crippen MR) is 126 cm³/mol. The smallest absolute Gasteiger partial charge is 0.251 e. The zero-order valence-electron chi connectivity index (χ0n) is 18.3. The van der Waals surface area contributed by atoms with Crippen LogP contribution in [0.1, 0.15) is 32.9 Å². The van der Waals surface area contributed by atoms with Crippen LogP contribution in [0.2, 0.25) is 0 Å². The highest BCUT2D eigenvalue weighted by molar-refractivity contribution is 7.84. The van der Waals surface area contributed by atoms with Gasteiger partial charge in [-0.3, -0.25) is 9.00 Å². The number of amides is 1. The first-order valence-corrected chi connectivity index (χ1v) is 11.8. The average molecular weight is 463 g/mol. The average Bonchev–Trinajstić information content (AvgIpc) is 3.19. The van der Waals surface area contributed by atoms with E-state index in [1.807, 2.05) is 31.2 Å². The van der Waals surface area contributed by atoms with Gasteiger partial charge in [-0.05, 0) is 67.9 Å². The molecule has 5 nitrogen and oxygen atoms in total. The highest BCUT2D eigenvalue weighted by atomic mass is 32.2. The molecule has 0 bridgehead atoms. The number of hydrogen-bond acceptors (Lipinski definition) is 4. The summed E-state index contributed by atoms with van der Waals surface area (Å²) in [5, 5.41) is 2.81. The summed E-state index contributed by atoms with van der Waals surface area (Å²) in [4.78, 5) is 17.7. The lowest BCUT2D eigenvalue weighted by Crippen LogP contribution is -2.22. The maximum atomic E-state index is 13.0. The number of hydrogen-bond donors (Lipinski definition) is 1. The molecule has 3 aromatic carbocycles. The molecule has 7 heteroatoms. The zero-order valence-corrected chi connectivity index (χ0v) is 19.1. The van der Waals surface area contributed by atoms with E-state index in [0.29, 0.717) is 29.5 Å². The minimum absolute atomic E-state index is 0.233. The Balaban J connectivity index is 1.41. The summed E-state index contributed by atoms with van der Waals surface area (Å²) in [6.45, 7) is 4.10. The Bertz CT molecular complexity index is 1280. The van der Waals surface area contributed by atoms with Crippen LogP contribution < -0.4 is 5.32 Å². The van der Waals surface area contributed by atoms with Gasteiger partial charge in [0, 0.05) is 22.6 Å². The van der Waals surface area contributed by atoms with Gasteiger partial charge in [0.2, 0.25) is 5.89 Å². The van der Waals surface area contributed by atoms with Gasteiger partial charge in [-0.15, -0.1) is 0 Å². The summed E-state index contributed by atoms with van der Waals surface area (Å²) >= 11 is 0. The number of halogens is 1. The summed E-state index contributed by atoms with van der Waals surface area (Å²) in [6.07, 6.45) is 0. The molecule has 1 heterocycles. The quantitative estimate of drug-likeness (QED) is 0.403. The maximum Gasteiger partial charge on any atom is 0.251 e. The molecule has 1 atom stereocenters. The number of rotatable bonds is 7. The SMILES string of the molecule is Cc1ccc([S@](=O)Cc2nc(-c3ccc(C(=O)NCc4ccc(F)cc4)cc3)oc2C)cc1. The van der Waals surface area contributed by atoms with Crippen molar-refractivity contribution in [2.75, 3.05) is 0 Å². The van der Waals surface area contributed by atoms with Gasteiger partial charge in [0.05, 0.1) is 22.2 Å².